The zero-order chi connectivity index (χ0) is 24.3. The van der Waals surface area contributed by atoms with Gasteiger partial charge in [0.1, 0.15) is 11.4 Å². The summed E-state index contributed by atoms with van der Waals surface area (Å²) in [7, 11) is 0. The second-order valence-corrected chi connectivity index (χ2v) is 9.12. The molecule has 1 amide bonds. The SMILES string of the molecule is O=C1C(Cl)C(c2cccc([N+](=O)[O-])c2)N1n1c(Cn2c3ccccc3c3ccccc32)n[nH]c1=S. The van der Waals surface area contributed by atoms with E-state index in [0.717, 1.165) is 21.8 Å². The van der Waals surface area contributed by atoms with Gasteiger partial charge in [-0.2, -0.15) is 5.10 Å². The predicted octanol–water partition coefficient (Wildman–Crippen LogP) is 4.83. The van der Waals surface area contributed by atoms with Crippen LogP contribution in [0, 0.1) is 14.9 Å². The number of aromatic amines is 1. The number of alkyl halides is 1. The summed E-state index contributed by atoms with van der Waals surface area (Å²) in [6.07, 6.45) is 0. The first-order valence-corrected chi connectivity index (χ1v) is 11.6. The maximum Gasteiger partial charge on any atom is 0.269 e. The number of hydrogen-bond acceptors (Lipinski definition) is 5. The molecule has 1 aliphatic heterocycles. The molecule has 1 saturated heterocycles. The van der Waals surface area contributed by atoms with Gasteiger partial charge in [0.25, 0.3) is 11.6 Å². The van der Waals surface area contributed by atoms with Gasteiger partial charge in [-0.3, -0.25) is 20.0 Å². The molecular weight excluding hydrogens is 488 g/mol. The van der Waals surface area contributed by atoms with Gasteiger partial charge in [-0.25, -0.2) is 9.69 Å². The number of nitro groups is 1. The number of carbonyl (C=O) groups excluding carboxylic acids is 1. The van der Waals surface area contributed by atoms with Crippen LogP contribution < -0.4 is 5.01 Å². The highest BCUT2D eigenvalue weighted by atomic mass is 35.5. The van der Waals surface area contributed by atoms with Crippen molar-refractivity contribution in [2.45, 2.75) is 18.0 Å². The minimum atomic E-state index is -0.880. The molecule has 35 heavy (non-hydrogen) atoms. The number of nitrogens with one attached hydrogen (secondary N) is 1. The molecule has 0 saturated carbocycles. The van der Waals surface area contributed by atoms with E-state index in [1.54, 1.807) is 16.8 Å². The van der Waals surface area contributed by atoms with Crippen molar-refractivity contribution in [1.82, 2.24) is 19.4 Å². The Hall–Kier alpha value is -4.02. The summed E-state index contributed by atoms with van der Waals surface area (Å²) in [4.78, 5) is 23.8. The maximum absolute atomic E-state index is 12.9. The number of para-hydroxylation sites is 2. The van der Waals surface area contributed by atoms with Crippen molar-refractivity contribution in [1.29, 1.82) is 0 Å². The molecule has 3 aromatic carbocycles. The summed E-state index contributed by atoms with van der Waals surface area (Å²) in [6, 6.07) is 21.6. The van der Waals surface area contributed by atoms with Crippen LogP contribution in [0.25, 0.3) is 21.8 Å². The average Bonchev–Trinajstić information content (AvgIpc) is 3.39. The molecule has 1 aliphatic rings. The summed E-state index contributed by atoms with van der Waals surface area (Å²) < 4.78 is 3.90. The molecule has 9 nitrogen and oxygen atoms in total. The van der Waals surface area contributed by atoms with Crippen molar-refractivity contribution >= 4 is 57.2 Å². The number of rotatable bonds is 5. The van der Waals surface area contributed by atoms with E-state index in [9.17, 15) is 14.9 Å². The van der Waals surface area contributed by atoms with Crippen molar-refractivity contribution < 1.29 is 9.72 Å². The normalized spacial score (nSPS) is 17.7. The average molecular weight is 505 g/mol. The fraction of sp³-hybridized carbons (Fsp3) is 0.125. The first kappa shape index (κ1) is 21.5. The third-order valence-electron chi connectivity index (χ3n) is 6.34. The quantitative estimate of drug-likeness (QED) is 0.121. The monoisotopic (exact) mass is 504 g/mol. The Morgan fingerprint density at radius 2 is 1.69 bits per heavy atom. The van der Waals surface area contributed by atoms with E-state index in [0.29, 0.717) is 17.9 Å². The van der Waals surface area contributed by atoms with Crippen LogP contribution in [-0.4, -0.2) is 35.6 Å². The van der Waals surface area contributed by atoms with Gasteiger partial charge in [0.15, 0.2) is 5.82 Å². The summed E-state index contributed by atoms with van der Waals surface area (Å²) in [5, 5.41) is 21.3. The van der Waals surface area contributed by atoms with Gasteiger partial charge in [0, 0.05) is 33.9 Å². The van der Waals surface area contributed by atoms with Crippen LogP contribution in [0.4, 0.5) is 5.69 Å². The van der Waals surface area contributed by atoms with Crippen molar-refractivity contribution in [3.8, 4) is 0 Å². The maximum atomic E-state index is 12.9. The Morgan fingerprint density at radius 1 is 1.03 bits per heavy atom. The van der Waals surface area contributed by atoms with Crippen LogP contribution in [0.15, 0.2) is 72.8 Å². The molecule has 6 rings (SSSR count). The molecule has 0 spiro atoms. The second-order valence-electron chi connectivity index (χ2n) is 8.26. The lowest BCUT2D eigenvalue weighted by Gasteiger charge is -2.44. The molecule has 1 N–H and O–H groups in total. The number of carbonyl (C=O) groups is 1. The van der Waals surface area contributed by atoms with Gasteiger partial charge in [0.2, 0.25) is 4.77 Å². The predicted molar refractivity (Wildman–Crippen MR) is 135 cm³/mol. The number of amides is 1. The summed E-state index contributed by atoms with van der Waals surface area (Å²) >= 11 is 11.9. The highest BCUT2D eigenvalue weighted by Crippen LogP contribution is 2.39. The largest absolute Gasteiger partial charge is 0.333 e. The molecule has 1 fully saturated rings. The van der Waals surface area contributed by atoms with Crippen LogP contribution in [0.1, 0.15) is 17.4 Å². The standard InChI is InChI=1S/C24H17ClN6O3S/c25-21-22(14-6-5-7-15(12-14)31(33)34)30(23(21)32)29-20(26-27-24(29)35)13-28-18-10-3-1-8-16(18)17-9-2-4-11-19(17)28/h1-12,21-22H,13H2,(H,27,35). The van der Waals surface area contributed by atoms with E-state index in [2.05, 4.69) is 26.9 Å². The number of fused-ring (bicyclic) bond motifs is 3. The Morgan fingerprint density at radius 3 is 2.34 bits per heavy atom. The molecule has 0 aliphatic carbocycles. The molecule has 2 unspecified atom stereocenters. The lowest BCUT2D eigenvalue weighted by atomic mass is 9.95. The molecular formula is C24H17ClN6O3S. The number of nitro benzene ring substituents is 1. The molecule has 0 radical (unpaired) electrons. The van der Waals surface area contributed by atoms with Gasteiger partial charge < -0.3 is 4.57 Å². The number of H-pyrrole nitrogens is 1. The number of halogens is 1. The molecule has 11 heteroatoms. The van der Waals surface area contributed by atoms with Gasteiger partial charge in [-0.1, -0.05) is 48.5 Å². The van der Waals surface area contributed by atoms with Crippen molar-refractivity contribution in [2.24, 2.45) is 0 Å². The Kier molecular flexibility index (Phi) is 4.94. The molecule has 174 valence electrons. The number of hydrogen-bond donors (Lipinski definition) is 1. The number of nitrogens with zero attached hydrogens (tertiary/aromatic N) is 5. The van der Waals surface area contributed by atoms with Crippen molar-refractivity contribution in [2.75, 3.05) is 5.01 Å². The summed E-state index contributed by atoms with van der Waals surface area (Å²) in [5.74, 6) is 0.151. The van der Waals surface area contributed by atoms with Gasteiger partial charge in [-0.15, -0.1) is 11.6 Å². The number of aromatic nitrogens is 4. The Bertz CT molecular complexity index is 1650. The zero-order valence-electron chi connectivity index (χ0n) is 18.0. The molecule has 3 heterocycles. The van der Waals surface area contributed by atoms with E-state index in [4.69, 9.17) is 23.8 Å². The van der Waals surface area contributed by atoms with E-state index in [1.165, 1.54) is 17.1 Å². The van der Waals surface area contributed by atoms with Crippen LogP contribution in [0.5, 0.6) is 0 Å². The smallest absolute Gasteiger partial charge is 0.269 e. The highest BCUT2D eigenvalue weighted by molar-refractivity contribution is 7.71. The van der Waals surface area contributed by atoms with Gasteiger partial charge in [0.05, 0.1) is 11.5 Å². The third kappa shape index (κ3) is 3.25. The molecule has 2 atom stereocenters. The van der Waals surface area contributed by atoms with E-state index in [1.807, 2.05) is 36.4 Å². The molecule has 0 bridgehead atoms. The second kappa shape index (κ2) is 8.03. The van der Waals surface area contributed by atoms with Crippen LogP contribution in [0.2, 0.25) is 0 Å². The van der Waals surface area contributed by atoms with Gasteiger partial charge in [-0.05, 0) is 29.9 Å². The third-order valence-corrected chi connectivity index (χ3v) is 7.03. The Labute approximate surface area is 208 Å². The minimum Gasteiger partial charge on any atom is -0.333 e. The highest BCUT2D eigenvalue weighted by Gasteiger charge is 2.50. The van der Waals surface area contributed by atoms with E-state index < -0.39 is 16.3 Å². The number of non-ortho nitro benzene ring substituents is 1. The van der Waals surface area contributed by atoms with Crippen molar-refractivity contribution in [3.05, 3.63) is 99.1 Å². The minimum absolute atomic E-state index is 0.0769. The lowest BCUT2D eigenvalue weighted by Crippen LogP contribution is -2.62. The molecule has 2 aromatic heterocycles. The summed E-state index contributed by atoms with van der Waals surface area (Å²) in [5.41, 5.74) is 2.51. The number of β-lactam (4-membered cyclic amide) rings is 1. The fourth-order valence-electron chi connectivity index (χ4n) is 4.76. The van der Waals surface area contributed by atoms with Crippen LogP contribution in [-0.2, 0) is 11.3 Å². The molecule has 5 aromatic rings. The van der Waals surface area contributed by atoms with E-state index >= 15 is 0 Å². The first-order chi connectivity index (χ1) is 17.0. The lowest BCUT2D eigenvalue weighted by molar-refractivity contribution is -0.384. The zero-order valence-corrected chi connectivity index (χ0v) is 19.6. The first-order valence-electron chi connectivity index (χ1n) is 10.8. The van der Waals surface area contributed by atoms with Crippen LogP contribution in [0.3, 0.4) is 0 Å². The van der Waals surface area contributed by atoms with E-state index in [-0.39, 0.29) is 16.4 Å². The van der Waals surface area contributed by atoms with Crippen molar-refractivity contribution in [3.63, 3.8) is 0 Å². The number of benzene rings is 3. The summed E-state index contributed by atoms with van der Waals surface area (Å²) in [6.45, 7) is 0.333. The van der Waals surface area contributed by atoms with Gasteiger partial charge >= 0.3 is 0 Å². The van der Waals surface area contributed by atoms with Crippen LogP contribution >= 0.6 is 23.8 Å². The topological polar surface area (TPSA) is 102 Å². The Balaban J connectivity index is 1.46. The fourth-order valence-corrected chi connectivity index (χ4v) is 5.35.